The number of anilines is 1. The summed E-state index contributed by atoms with van der Waals surface area (Å²) in [4.78, 5) is 4.52. The number of hydrogen-bond acceptors (Lipinski definition) is 4. The fourth-order valence-corrected chi connectivity index (χ4v) is 5.37. The molecule has 2 aromatic heterocycles. The topological polar surface area (TPSA) is 42.7 Å². The number of nitrogens with zero attached hydrogens (tertiary/aromatic N) is 3. The predicted molar refractivity (Wildman–Crippen MR) is 108 cm³/mol. The molecule has 0 aliphatic carbocycles. The minimum atomic E-state index is 0.155. The Morgan fingerprint density at radius 3 is 2.96 bits per heavy atom. The van der Waals surface area contributed by atoms with Crippen LogP contribution in [0.4, 0.5) is 5.82 Å². The lowest BCUT2D eigenvalue weighted by Gasteiger charge is -2.18. The maximum absolute atomic E-state index is 6.14. The Hall–Kier alpha value is -1.50. The van der Waals surface area contributed by atoms with Gasteiger partial charge in [0, 0.05) is 40.6 Å². The molecule has 0 fully saturated rings. The van der Waals surface area contributed by atoms with Crippen molar-refractivity contribution in [1.29, 1.82) is 0 Å². The van der Waals surface area contributed by atoms with Crippen molar-refractivity contribution in [2.75, 3.05) is 17.6 Å². The average molecular weight is 436 g/mol. The molecular weight excluding hydrogens is 420 g/mol. The van der Waals surface area contributed by atoms with E-state index in [9.17, 15) is 0 Å². The highest BCUT2D eigenvalue weighted by Gasteiger charge is 2.30. The van der Waals surface area contributed by atoms with Gasteiger partial charge in [-0.3, -0.25) is 9.67 Å². The smallest absolute Gasteiger partial charge is 0.129 e. The molecule has 1 atom stereocenters. The Morgan fingerprint density at radius 1 is 1.32 bits per heavy atom. The number of thioether (sulfide) groups is 1. The van der Waals surface area contributed by atoms with Gasteiger partial charge in [-0.25, -0.2) is 0 Å². The van der Waals surface area contributed by atoms with E-state index in [4.69, 9.17) is 16.7 Å². The van der Waals surface area contributed by atoms with Gasteiger partial charge in [-0.05, 0) is 29.8 Å². The van der Waals surface area contributed by atoms with Crippen LogP contribution in [0.5, 0.6) is 0 Å². The number of pyridine rings is 1. The third kappa shape index (κ3) is 3.18. The maximum Gasteiger partial charge on any atom is 0.129 e. The van der Waals surface area contributed by atoms with Crippen LogP contribution in [-0.4, -0.2) is 27.1 Å². The summed E-state index contributed by atoms with van der Waals surface area (Å²) in [5.41, 5.74) is 4.18. The average Bonchev–Trinajstić information content (AvgIpc) is 2.79. The first kappa shape index (κ1) is 16.9. The Morgan fingerprint density at radius 2 is 2.20 bits per heavy atom. The van der Waals surface area contributed by atoms with E-state index in [1.54, 1.807) is 6.20 Å². The molecular formula is C18H16BrClN4S. The Kier molecular flexibility index (Phi) is 4.75. The molecule has 7 heteroatoms. The second-order valence-corrected chi connectivity index (χ2v) is 8.30. The quantitative estimate of drug-likeness (QED) is 0.605. The summed E-state index contributed by atoms with van der Waals surface area (Å²) >= 11 is 11.7. The van der Waals surface area contributed by atoms with Gasteiger partial charge in [0.15, 0.2) is 0 Å². The van der Waals surface area contributed by atoms with Gasteiger partial charge in [0.05, 0.1) is 10.9 Å². The van der Waals surface area contributed by atoms with Gasteiger partial charge >= 0.3 is 0 Å². The number of hydrogen-bond donors (Lipinski definition) is 1. The lowest BCUT2D eigenvalue weighted by molar-refractivity contribution is 0.773. The number of rotatable bonds is 2. The first-order valence-electron chi connectivity index (χ1n) is 7.94. The monoisotopic (exact) mass is 434 g/mol. The summed E-state index contributed by atoms with van der Waals surface area (Å²) in [6, 6.07) is 11.9. The van der Waals surface area contributed by atoms with Gasteiger partial charge in [-0.1, -0.05) is 39.7 Å². The zero-order valence-corrected chi connectivity index (χ0v) is 16.7. The molecule has 1 N–H and O–H groups in total. The highest BCUT2D eigenvalue weighted by atomic mass is 79.9. The van der Waals surface area contributed by atoms with Crippen molar-refractivity contribution in [1.82, 2.24) is 14.8 Å². The van der Waals surface area contributed by atoms with E-state index in [0.29, 0.717) is 0 Å². The molecule has 0 radical (unpaired) electrons. The van der Waals surface area contributed by atoms with Crippen molar-refractivity contribution >= 4 is 45.1 Å². The van der Waals surface area contributed by atoms with Crippen molar-refractivity contribution in [2.24, 2.45) is 7.05 Å². The van der Waals surface area contributed by atoms with Crippen molar-refractivity contribution in [2.45, 2.75) is 5.25 Å². The van der Waals surface area contributed by atoms with Crippen molar-refractivity contribution in [3.05, 3.63) is 63.2 Å². The number of nitrogens with one attached hydrogen (secondary N) is 1. The van der Waals surface area contributed by atoms with E-state index in [1.165, 1.54) is 11.1 Å². The fraction of sp³-hybridized carbons (Fsp3) is 0.222. The number of halogens is 2. The second kappa shape index (κ2) is 7.02. The minimum absolute atomic E-state index is 0.155. The van der Waals surface area contributed by atoms with Crippen LogP contribution < -0.4 is 5.32 Å². The van der Waals surface area contributed by atoms with E-state index in [1.807, 2.05) is 53.8 Å². The Bertz CT molecular complexity index is 913. The van der Waals surface area contributed by atoms with Crippen molar-refractivity contribution < 1.29 is 0 Å². The molecule has 4 nitrogen and oxygen atoms in total. The van der Waals surface area contributed by atoms with E-state index in [0.717, 1.165) is 39.0 Å². The molecule has 1 aliphatic heterocycles. The highest BCUT2D eigenvalue weighted by Crippen LogP contribution is 2.47. The number of aromatic nitrogens is 3. The van der Waals surface area contributed by atoms with Crippen LogP contribution in [0.25, 0.3) is 11.4 Å². The van der Waals surface area contributed by atoms with Gasteiger partial charge < -0.3 is 5.32 Å². The van der Waals surface area contributed by atoms with E-state index in [2.05, 4.69) is 32.3 Å². The Balaban J connectivity index is 1.92. The standard InChI is InChI=1S/C18H16BrClN4S/c1-24-18-15(16(23-24)14-4-2-3-7-21-14)17(25-9-8-22-18)12-6-5-11(20)10-13(12)19/h2-7,10,17,22H,8-9H2,1H3. The van der Waals surface area contributed by atoms with Crippen molar-refractivity contribution in [3.8, 4) is 11.4 Å². The molecule has 1 aliphatic rings. The lowest BCUT2D eigenvalue weighted by atomic mass is 10.0. The molecule has 25 heavy (non-hydrogen) atoms. The van der Waals surface area contributed by atoms with Gasteiger partial charge in [0.2, 0.25) is 0 Å². The molecule has 0 saturated heterocycles. The molecule has 0 bridgehead atoms. The maximum atomic E-state index is 6.14. The largest absolute Gasteiger partial charge is 0.369 e. The molecule has 1 unspecified atom stereocenters. The van der Waals surface area contributed by atoms with Crippen LogP contribution in [0, 0.1) is 0 Å². The van der Waals surface area contributed by atoms with Gasteiger partial charge in [-0.2, -0.15) is 5.10 Å². The van der Waals surface area contributed by atoms with E-state index in [-0.39, 0.29) is 5.25 Å². The zero-order valence-electron chi connectivity index (χ0n) is 13.5. The molecule has 128 valence electrons. The normalized spacial score (nSPS) is 16.8. The lowest BCUT2D eigenvalue weighted by Crippen LogP contribution is -2.06. The van der Waals surface area contributed by atoms with Crippen LogP contribution in [0.3, 0.4) is 0 Å². The molecule has 0 spiro atoms. The summed E-state index contributed by atoms with van der Waals surface area (Å²) in [6.45, 7) is 0.903. The van der Waals surface area contributed by atoms with Crippen LogP contribution >= 0.6 is 39.3 Å². The van der Waals surface area contributed by atoms with Gasteiger partial charge in [0.1, 0.15) is 11.5 Å². The summed E-state index contributed by atoms with van der Waals surface area (Å²) in [5, 5.41) is 9.17. The summed E-state index contributed by atoms with van der Waals surface area (Å²) in [6.07, 6.45) is 1.81. The van der Waals surface area contributed by atoms with Crippen molar-refractivity contribution in [3.63, 3.8) is 0 Å². The number of aryl methyl sites for hydroxylation is 1. The molecule has 4 rings (SSSR count). The molecule has 3 heterocycles. The fourth-order valence-electron chi connectivity index (χ4n) is 3.08. The van der Waals surface area contributed by atoms with E-state index >= 15 is 0 Å². The first-order chi connectivity index (χ1) is 12.1. The summed E-state index contributed by atoms with van der Waals surface area (Å²) in [5.74, 6) is 2.06. The van der Waals surface area contributed by atoms with Crippen LogP contribution in [0.15, 0.2) is 47.1 Å². The third-order valence-corrected chi connectivity index (χ3v) is 6.36. The molecule has 1 aromatic carbocycles. The SMILES string of the molecule is Cn1nc(-c2ccccn2)c2c1NCCSC2c1ccc(Cl)cc1Br. The predicted octanol–water partition coefficient (Wildman–Crippen LogP) is 5.15. The van der Waals surface area contributed by atoms with Crippen LogP contribution in [-0.2, 0) is 7.05 Å². The molecule has 3 aromatic rings. The Labute approximate surface area is 164 Å². The second-order valence-electron chi connectivity index (χ2n) is 5.79. The molecule has 0 amide bonds. The van der Waals surface area contributed by atoms with E-state index < -0.39 is 0 Å². The summed E-state index contributed by atoms with van der Waals surface area (Å²) < 4.78 is 2.93. The van der Waals surface area contributed by atoms with Crippen LogP contribution in [0.2, 0.25) is 5.02 Å². The third-order valence-electron chi connectivity index (χ3n) is 4.18. The molecule has 0 saturated carbocycles. The highest BCUT2D eigenvalue weighted by molar-refractivity contribution is 9.10. The van der Waals surface area contributed by atoms with Crippen LogP contribution in [0.1, 0.15) is 16.4 Å². The zero-order chi connectivity index (χ0) is 17.4. The number of fused-ring (bicyclic) bond motifs is 1. The first-order valence-corrected chi connectivity index (χ1v) is 10.2. The summed E-state index contributed by atoms with van der Waals surface area (Å²) in [7, 11) is 1.97. The minimum Gasteiger partial charge on any atom is -0.369 e. The van der Waals surface area contributed by atoms with Gasteiger partial charge in [-0.15, -0.1) is 11.8 Å². The van der Waals surface area contributed by atoms with Gasteiger partial charge in [0.25, 0.3) is 0 Å². The number of benzene rings is 1.